The summed E-state index contributed by atoms with van der Waals surface area (Å²) in [5.41, 5.74) is 2.83. The predicted molar refractivity (Wildman–Crippen MR) is 87.7 cm³/mol. The van der Waals surface area contributed by atoms with Crippen LogP contribution in [0.5, 0.6) is 0 Å². The normalized spacial score (nSPS) is 17.9. The van der Waals surface area contributed by atoms with Gasteiger partial charge in [-0.05, 0) is 23.6 Å². The average Bonchev–Trinajstić information content (AvgIpc) is 2.41. The van der Waals surface area contributed by atoms with Gasteiger partial charge in [0.1, 0.15) is 4.05 Å². The second-order valence-electron chi connectivity index (χ2n) is 4.93. The van der Waals surface area contributed by atoms with Crippen LogP contribution < -0.4 is 0 Å². The van der Waals surface area contributed by atoms with Crippen molar-refractivity contribution in [1.82, 2.24) is 4.90 Å². The maximum atomic E-state index is 2.55. The molecular weight excluding hydrogens is 333 g/mol. The zero-order chi connectivity index (χ0) is 12.8. The van der Waals surface area contributed by atoms with Crippen molar-refractivity contribution < 1.29 is 0 Å². The van der Waals surface area contributed by atoms with Crippen molar-refractivity contribution in [3.8, 4) is 0 Å². The van der Waals surface area contributed by atoms with Crippen molar-refractivity contribution in [2.45, 2.75) is 43.1 Å². The van der Waals surface area contributed by atoms with E-state index < -0.39 is 0 Å². The summed E-state index contributed by atoms with van der Waals surface area (Å²) in [5.74, 6) is 0. The zero-order valence-electron chi connectivity index (χ0n) is 11.1. The molecule has 0 fully saturated rings. The first-order valence-corrected chi connectivity index (χ1v) is 8.24. The van der Waals surface area contributed by atoms with Crippen molar-refractivity contribution in [2.75, 3.05) is 6.54 Å². The van der Waals surface area contributed by atoms with Crippen LogP contribution in [-0.2, 0) is 0 Å². The van der Waals surface area contributed by atoms with E-state index in [4.69, 9.17) is 0 Å². The molecule has 0 N–H and O–H groups in total. The Kier molecular flexibility index (Phi) is 5.54. The van der Waals surface area contributed by atoms with Crippen molar-refractivity contribution >= 4 is 28.7 Å². The van der Waals surface area contributed by atoms with E-state index in [0.717, 1.165) is 0 Å². The highest BCUT2D eigenvalue weighted by Gasteiger charge is 2.19. The molecule has 1 heterocycles. The standard InChI is InChI=1S/C16H22IN/c1-2-3-4-5-8-12-18-13-11-14-9-6-7-10-15(14)16(18)17/h6-7,9-11,13,16H,2-5,8,12H2,1H3. The first-order chi connectivity index (χ1) is 8.83. The van der Waals surface area contributed by atoms with Gasteiger partial charge in [0.05, 0.1) is 0 Å². The van der Waals surface area contributed by atoms with Gasteiger partial charge in [-0.3, -0.25) is 0 Å². The van der Waals surface area contributed by atoms with Crippen LogP contribution in [-0.4, -0.2) is 11.4 Å². The molecule has 1 aromatic rings. The van der Waals surface area contributed by atoms with Crippen molar-refractivity contribution in [1.29, 1.82) is 0 Å². The molecule has 1 unspecified atom stereocenters. The van der Waals surface area contributed by atoms with Gasteiger partial charge < -0.3 is 4.90 Å². The highest BCUT2D eigenvalue weighted by Crippen LogP contribution is 2.35. The average molecular weight is 355 g/mol. The molecule has 1 nitrogen and oxygen atoms in total. The smallest absolute Gasteiger partial charge is 0.106 e. The van der Waals surface area contributed by atoms with E-state index in [1.807, 2.05) is 0 Å². The summed E-state index contributed by atoms with van der Waals surface area (Å²) in [7, 11) is 0. The minimum atomic E-state index is 0.495. The molecule has 0 amide bonds. The molecule has 2 heteroatoms. The minimum Gasteiger partial charge on any atom is -0.362 e. The number of hydrogen-bond donors (Lipinski definition) is 0. The molecule has 0 bridgehead atoms. The third-order valence-electron chi connectivity index (χ3n) is 3.51. The molecule has 0 saturated heterocycles. The molecule has 1 atom stereocenters. The van der Waals surface area contributed by atoms with Crippen LogP contribution in [0.2, 0.25) is 0 Å². The Morgan fingerprint density at radius 1 is 1.11 bits per heavy atom. The van der Waals surface area contributed by atoms with Gasteiger partial charge in [0, 0.05) is 12.7 Å². The van der Waals surface area contributed by atoms with Crippen LogP contribution in [0.15, 0.2) is 30.5 Å². The zero-order valence-corrected chi connectivity index (χ0v) is 13.3. The number of rotatable bonds is 6. The van der Waals surface area contributed by atoms with Crippen LogP contribution in [0.1, 0.15) is 54.2 Å². The van der Waals surface area contributed by atoms with Crippen molar-refractivity contribution in [3.05, 3.63) is 41.6 Å². The molecule has 2 rings (SSSR count). The lowest BCUT2D eigenvalue weighted by Crippen LogP contribution is -2.23. The molecule has 1 aliphatic heterocycles. The Bertz CT molecular complexity index is 400. The van der Waals surface area contributed by atoms with Crippen LogP contribution >= 0.6 is 22.6 Å². The second kappa shape index (κ2) is 7.17. The molecule has 98 valence electrons. The first kappa shape index (κ1) is 13.9. The Hall–Kier alpha value is -0.510. The number of benzene rings is 1. The quantitative estimate of drug-likeness (QED) is 0.287. The lowest BCUT2D eigenvalue weighted by molar-refractivity contribution is 0.356. The highest BCUT2D eigenvalue weighted by atomic mass is 127. The topological polar surface area (TPSA) is 3.24 Å². The van der Waals surface area contributed by atoms with Crippen LogP contribution in [0.4, 0.5) is 0 Å². The maximum absolute atomic E-state index is 2.55. The van der Waals surface area contributed by atoms with Crippen LogP contribution in [0.25, 0.3) is 6.08 Å². The molecule has 1 aliphatic rings. The maximum Gasteiger partial charge on any atom is 0.106 e. The van der Waals surface area contributed by atoms with E-state index in [9.17, 15) is 0 Å². The van der Waals surface area contributed by atoms with Gasteiger partial charge in [-0.1, -0.05) is 79.5 Å². The molecule has 0 aliphatic carbocycles. The van der Waals surface area contributed by atoms with Crippen LogP contribution in [0.3, 0.4) is 0 Å². The van der Waals surface area contributed by atoms with Gasteiger partial charge in [0.15, 0.2) is 0 Å². The third kappa shape index (κ3) is 3.50. The largest absolute Gasteiger partial charge is 0.362 e. The summed E-state index contributed by atoms with van der Waals surface area (Å²) in [6.07, 6.45) is 11.3. The summed E-state index contributed by atoms with van der Waals surface area (Å²) < 4.78 is 0.495. The summed E-state index contributed by atoms with van der Waals surface area (Å²) in [6, 6.07) is 8.71. The summed E-state index contributed by atoms with van der Waals surface area (Å²) in [5, 5.41) is 0. The summed E-state index contributed by atoms with van der Waals surface area (Å²) in [6.45, 7) is 3.45. The van der Waals surface area contributed by atoms with Gasteiger partial charge in [0.2, 0.25) is 0 Å². The van der Waals surface area contributed by atoms with E-state index in [1.165, 1.54) is 49.8 Å². The van der Waals surface area contributed by atoms with E-state index in [0.29, 0.717) is 4.05 Å². The fraction of sp³-hybridized carbons (Fsp3) is 0.500. The molecular formula is C16H22IN. The molecule has 0 saturated carbocycles. The van der Waals surface area contributed by atoms with Crippen molar-refractivity contribution in [2.24, 2.45) is 0 Å². The molecule has 1 aromatic carbocycles. The van der Waals surface area contributed by atoms with E-state index in [1.54, 1.807) is 0 Å². The number of unbranched alkanes of at least 4 members (excludes halogenated alkanes) is 4. The van der Waals surface area contributed by atoms with Crippen LogP contribution in [0, 0.1) is 0 Å². The van der Waals surface area contributed by atoms with Crippen molar-refractivity contribution in [3.63, 3.8) is 0 Å². The van der Waals surface area contributed by atoms with E-state index in [2.05, 4.69) is 71.0 Å². The number of alkyl halides is 1. The monoisotopic (exact) mass is 355 g/mol. The fourth-order valence-corrected chi connectivity index (χ4v) is 3.43. The minimum absolute atomic E-state index is 0.495. The first-order valence-electron chi connectivity index (χ1n) is 7.00. The fourth-order valence-electron chi connectivity index (χ4n) is 2.40. The Morgan fingerprint density at radius 3 is 2.72 bits per heavy atom. The van der Waals surface area contributed by atoms with Gasteiger partial charge in [-0.2, -0.15) is 0 Å². The number of halogens is 1. The number of nitrogens with zero attached hydrogens (tertiary/aromatic N) is 1. The Labute approximate surface area is 124 Å². The lowest BCUT2D eigenvalue weighted by atomic mass is 10.0. The molecule has 0 radical (unpaired) electrons. The summed E-state index contributed by atoms with van der Waals surface area (Å²) in [4.78, 5) is 2.47. The van der Waals surface area contributed by atoms with E-state index >= 15 is 0 Å². The number of hydrogen-bond acceptors (Lipinski definition) is 1. The van der Waals surface area contributed by atoms with Gasteiger partial charge in [-0.15, -0.1) is 0 Å². The molecule has 18 heavy (non-hydrogen) atoms. The van der Waals surface area contributed by atoms with Gasteiger partial charge in [0.25, 0.3) is 0 Å². The predicted octanol–water partition coefficient (Wildman–Crippen LogP) is 5.38. The summed E-state index contributed by atoms with van der Waals surface area (Å²) >= 11 is 2.55. The lowest BCUT2D eigenvalue weighted by Gasteiger charge is -2.31. The van der Waals surface area contributed by atoms with E-state index in [-0.39, 0.29) is 0 Å². The molecule has 0 spiro atoms. The second-order valence-corrected chi connectivity index (χ2v) is 6.11. The SMILES string of the molecule is CCCCCCCN1C=Cc2ccccc2C1I. The Balaban J connectivity index is 1.86. The third-order valence-corrected chi connectivity index (χ3v) is 4.90. The molecule has 0 aromatic heterocycles. The number of fused-ring (bicyclic) bond motifs is 1. The van der Waals surface area contributed by atoms with Gasteiger partial charge >= 0.3 is 0 Å². The van der Waals surface area contributed by atoms with Gasteiger partial charge in [-0.25, -0.2) is 0 Å². The Morgan fingerprint density at radius 2 is 1.89 bits per heavy atom. The highest BCUT2D eigenvalue weighted by molar-refractivity contribution is 14.1.